The van der Waals surface area contributed by atoms with E-state index in [-0.39, 0.29) is 5.25 Å². The predicted octanol–water partition coefficient (Wildman–Crippen LogP) is 2.87. The van der Waals surface area contributed by atoms with Gasteiger partial charge >= 0.3 is 0 Å². The van der Waals surface area contributed by atoms with E-state index >= 15 is 0 Å². The van der Waals surface area contributed by atoms with Gasteiger partial charge in [0.25, 0.3) is 0 Å². The number of piperidine rings is 1. The Kier molecular flexibility index (Phi) is 4.64. The van der Waals surface area contributed by atoms with Gasteiger partial charge in [-0.25, -0.2) is 12.7 Å². The zero-order valence-electron chi connectivity index (χ0n) is 11.9. The first kappa shape index (κ1) is 15.0. The molecule has 1 saturated heterocycles. The van der Waals surface area contributed by atoms with Crippen LogP contribution in [-0.4, -0.2) is 31.1 Å². The third-order valence-corrected chi connectivity index (χ3v) is 5.71. The zero-order valence-corrected chi connectivity index (χ0v) is 12.7. The molecule has 1 aliphatic heterocycles. The Balaban J connectivity index is 2.52. The molecule has 1 fully saturated rings. The normalized spacial score (nSPS) is 21.1. The molecule has 0 aromatic rings. The van der Waals surface area contributed by atoms with E-state index in [1.807, 2.05) is 0 Å². The maximum atomic E-state index is 12.0. The van der Waals surface area contributed by atoms with Crippen LogP contribution in [0.2, 0.25) is 0 Å². The van der Waals surface area contributed by atoms with E-state index < -0.39 is 10.0 Å². The number of hydrogen-bond acceptors (Lipinski definition) is 2. The topological polar surface area (TPSA) is 37.4 Å². The van der Waals surface area contributed by atoms with Gasteiger partial charge in [-0.05, 0) is 44.4 Å². The minimum atomic E-state index is -3.03. The van der Waals surface area contributed by atoms with Gasteiger partial charge in [-0.15, -0.1) is 0 Å². The van der Waals surface area contributed by atoms with Crippen molar-refractivity contribution in [2.45, 2.75) is 59.1 Å². The monoisotopic (exact) mass is 261 g/mol. The first-order chi connectivity index (χ1) is 7.63. The van der Waals surface area contributed by atoms with Gasteiger partial charge in [0, 0.05) is 13.1 Å². The Bertz CT molecular complexity index is 333. The summed E-state index contributed by atoms with van der Waals surface area (Å²) < 4.78 is 25.7. The number of rotatable bonds is 3. The van der Waals surface area contributed by atoms with Crippen LogP contribution in [0.3, 0.4) is 0 Å². The lowest BCUT2D eigenvalue weighted by Crippen LogP contribution is -2.42. The molecule has 0 unspecified atom stereocenters. The van der Waals surface area contributed by atoms with Gasteiger partial charge in [0.1, 0.15) is 0 Å². The summed E-state index contributed by atoms with van der Waals surface area (Å²) in [5.41, 5.74) is 0.351. The predicted molar refractivity (Wildman–Crippen MR) is 72.4 cm³/mol. The van der Waals surface area contributed by atoms with Crippen LogP contribution in [0.25, 0.3) is 0 Å². The molecule has 0 radical (unpaired) electrons. The second-order valence-electron chi connectivity index (χ2n) is 6.70. The maximum absolute atomic E-state index is 12.0. The number of sulfonamides is 1. The van der Waals surface area contributed by atoms with E-state index in [9.17, 15) is 8.42 Å². The Morgan fingerprint density at radius 3 is 2.00 bits per heavy atom. The molecule has 0 spiro atoms. The highest BCUT2D eigenvalue weighted by Gasteiger charge is 2.31. The molecule has 0 aromatic carbocycles. The summed E-state index contributed by atoms with van der Waals surface area (Å²) >= 11 is 0. The molecule has 0 atom stereocenters. The van der Waals surface area contributed by atoms with E-state index in [4.69, 9.17) is 0 Å². The molecule has 17 heavy (non-hydrogen) atoms. The van der Waals surface area contributed by atoms with Crippen LogP contribution in [0.1, 0.15) is 53.9 Å². The molecule has 0 N–H and O–H groups in total. The molecule has 0 aliphatic carbocycles. The largest absolute Gasteiger partial charge is 0.216 e. The SMILES string of the molecule is CC(C)S(=O)(=O)N1CCC(CC(C)(C)C)CC1. The van der Waals surface area contributed by atoms with Gasteiger partial charge in [-0.3, -0.25) is 0 Å². The van der Waals surface area contributed by atoms with Gasteiger partial charge < -0.3 is 0 Å². The Hall–Kier alpha value is -0.0900. The lowest BCUT2D eigenvalue weighted by Gasteiger charge is -2.35. The van der Waals surface area contributed by atoms with Crippen LogP contribution in [0.5, 0.6) is 0 Å². The van der Waals surface area contributed by atoms with E-state index in [1.165, 1.54) is 6.42 Å². The van der Waals surface area contributed by atoms with Gasteiger partial charge in [0.05, 0.1) is 5.25 Å². The maximum Gasteiger partial charge on any atom is 0.216 e. The van der Waals surface area contributed by atoms with E-state index in [0.717, 1.165) is 12.8 Å². The Morgan fingerprint density at radius 1 is 1.18 bits per heavy atom. The molecule has 0 saturated carbocycles. The molecule has 0 amide bonds. The standard InChI is InChI=1S/C13H27NO2S/c1-11(2)17(15,16)14-8-6-12(7-9-14)10-13(3,4)5/h11-12H,6-10H2,1-5H3. The van der Waals surface area contributed by atoms with Crippen LogP contribution in [0.15, 0.2) is 0 Å². The molecule has 3 nitrogen and oxygen atoms in total. The molecule has 1 heterocycles. The van der Waals surface area contributed by atoms with Gasteiger partial charge in [-0.2, -0.15) is 0 Å². The zero-order chi connectivity index (χ0) is 13.3. The molecule has 1 rings (SSSR count). The lowest BCUT2D eigenvalue weighted by atomic mass is 9.81. The van der Waals surface area contributed by atoms with Crippen molar-refractivity contribution in [3.8, 4) is 0 Å². The molecule has 102 valence electrons. The summed E-state index contributed by atoms with van der Waals surface area (Å²) in [6.45, 7) is 11.7. The summed E-state index contributed by atoms with van der Waals surface area (Å²) in [5.74, 6) is 0.689. The molecular formula is C13H27NO2S. The summed E-state index contributed by atoms with van der Waals surface area (Å²) in [5, 5.41) is -0.290. The summed E-state index contributed by atoms with van der Waals surface area (Å²) in [6, 6.07) is 0. The summed E-state index contributed by atoms with van der Waals surface area (Å²) in [6.07, 6.45) is 3.23. The Labute approximate surface area is 107 Å². The van der Waals surface area contributed by atoms with Gasteiger partial charge in [-0.1, -0.05) is 20.8 Å². The second-order valence-corrected chi connectivity index (χ2v) is 9.19. The van der Waals surface area contributed by atoms with Crippen molar-refractivity contribution >= 4 is 10.0 Å². The smallest absolute Gasteiger partial charge is 0.212 e. The van der Waals surface area contributed by atoms with Crippen LogP contribution in [0, 0.1) is 11.3 Å². The van der Waals surface area contributed by atoms with Crippen molar-refractivity contribution in [1.29, 1.82) is 0 Å². The van der Waals surface area contributed by atoms with Crippen molar-refractivity contribution in [3.05, 3.63) is 0 Å². The van der Waals surface area contributed by atoms with Gasteiger partial charge in [0.2, 0.25) is 10.0 Å². The molecular weight excluding hydrogens is 234 g/mol. The quantitative estimate of drug-likeness (QED) is 0.783. The van der Waals surface area contributed by atoms with Crippen molar-refractivity contribution in [1.82, 2.24) is 4.31 Å². The molecule has 4 heteroatoms. The summed E-state index contributed by atoms with van der Waals surface area (Å²) in [7, 11) is -3.03. The van der Waals surface area contributed by atoms with Crippen LogP contribution in [0.4, 0.5) is 0 Å². The van der Waals surface area contributed by atoms with Crippen LogP contribution < -0.4 is 0 Å². The fourth-order valence-corrected chi connectivity index (χ4v) is 3.85. The third-order valence-electron chi connectivity index (χ3n) is 3.43. The minimum Gasteiger partial charge on any atom is -0.212 e. The van der Waals surface area contributed by atoms with Crippen LogP contribution in [-0.2, 0) is 10.0 Å². The molecule has 1 aliphatic rings. The van der Waals surface area contributed by atoms with E-state index in [2.05, 4.69) is 20.8 Å². The van der Waals surface area contributed by atoms with Crippen molar-refractivity contribution in [2.75, 3.05) is 13.1 Å². The highest BCUT2D eigenvalue weighted by Crippen LogP contribution is 2.31. The highest BCUT2D eigenvalue weighted by molar-refractivity contribution is 7.89. The van der Waals surface area contributed by atoms with Crippen molar-refractivity contribution in [2.24, 2.45) is 11.3 Å². The highest BCUT2D eigenvalue weighted by atomic mass is 32.2. The van der Waals surface area contributed by atoms with Crippen molar-refractivity contribution in [3.63, 3.8) is 0 Å². The van der Waals surface area contributed by atoms with Crippen molar-refractivity contribution < 1.29 is 8.42 Å². The minimum absolute atomic E-state index is 0.290. The van der Waals surface area contributed by atoms with Gasteiger partial charge in [0.15, 0.2) is 0 Å². The average molecular weight is 261 g/mol. The summed E-state index contributed by atoms with van der Waals surface area (Å²) in [4.78, 5) is 0. The second kappa shape index (κ2) is 5.27. The molecule has 0 aromatic heterocycles. The van der Waals surface area contributed by atoms with Crippen LogP contribution >= 0.6 is 0 Å². The number of hydrogen-bond donors (Lipinski definition) is 0. The lowest BCUT2D eigenvalue weighted by molar-refractivity contribution is 0.207. The first-order valence-corrected chi connectivity index (χ1v) is 8.12. The van der Waals surface area contributed by atoms with E-state index in [1.54, 1.807) is 18.2 Å². The fraction of sp³-hybridized carbons (Fsp3) is 1.00. The third kappa shape index (κ3) is 4.25. The fourth-order valence-electron chi connectivity index (χ4n) is 2.53. The first-order valence-electron chi connectivity index (χ1n) is 6.62. The Morgan fingerprint density at radius 2 is 1.65 bits per heavy atom. The molecule has 0 bridgehead atoms. The number of nitrogens with zero attached hydrogens (tertiary/aromatic N) is 1. The average Bonchev–Trinajstić information content (AvgIpc) is 2.15. The van der Waals surface area contributed by atoms with E-state index in [0.29, 0.717) is 24.4 Å².